The molecule has 1 aliphatic heterocycles. The first-order valence-corrected chi connectivity index (χ1v) is 8.56. The highest BCUT2D eigenvalue weighted by Crippen LogP contribution is 2.29. The molecule has 126 valence electrons. The van der Waals surface area contributed by atoms with Gasteiger partial charge in [0.05, 0.1) is 18.1 Å². The van der Waals surface area contributed by atoms with Crippen LogP contribution in [0.5, 0.6) is 0 Å². The second-order valence-corrected chi connectivity index (χ2v) is 7.69. The standard InChI is InChI=1S/C17H27N5O/c1-17(2,3)15-18-10-13(11-19-15)21-16(23)20-12-6-8-22(9-7-12)14-4-5-14/h10-12,14H,4-9H2,1-3H3,(H2,20,21,23). The lowest BCUT2D eigenvalue weighted by molar-refractivity contribution is 0.189. The number of anilines is 1. The minimum Gasteiger partial charge on any atom is -0.335 e. The van der Waals surface area contributed by atoms with Crippen molar-refractivity contribution >= 4 is 11.7 Å². The summed E-state index contributed by atoms with van der Waals surface area (Å²) in [5, 5.41) is 5.89. The summed E-state index contributed by atoms with van der Waals surface area (Å²) in [6.07, 6.45) is 8.10. The molecule has 2 N–H and O–H groups in total. The number of urea groups is 1. The number of likely N-dealkylation sites (tertiary alicyclic amines) is 1. The van der Waals surface area contributed by atoms with Crippen molar-refractivity contribution in [1.82, 2.24) is 20.2 Å². The summed E-state index contributed by atoms with van der Waals surface area (Å²) < 4.78 is 0. The first-order chi connectivity index (χ1) is 10.9. The van der Waals surface area contributed by atoms with Crippen LogP contribution in [0.1, 0.15) is 52.3 Å². The number of hydrogen-bond donors (Lipinski definition) is 2. The van der Waals surface area contributed by atoms with Crippen molar-refractivity contribution in [2.45, 2.75) is 64.0 Å². The molecule has 0 unspecified atom stereocenters. The number of rotatable bonds is 3. The summed E-state index contributed by atoms with van der Waals surface area (Å²) >= 11 is 0. The minimum absolute atomic E-state index is 0.0870. The molecule has 1 aromatic rings. The molecular formula is C17H27N5O. The average Bonchev–Trinajstić information content (AvgIpc) is 3.32. The van der Waals surface area contributed by atoms with Gasteiger partial charge < -0.3 is 15.5 Å². The fourth-order valence-corrected chi connectivity index (χ4v) is 2.98. The number of carbonyl (C=O) groups excluding carboxylic acids is 1. The molecule has 0 aromatic carbocycles. The predicted molar refractivity (Wildman–Crippen MR) is 90.5 cm³/mol. The van der Waals surface area contributed by atoms with Crippen LogP contribution in [-0.4, -0.2) is 46.1 Å². The molecule has 6 nitrogen and oxygen atoms in total. The Labute approximate surface area is 138 Å². The molecular weight excluding hydrogens is 290 g/mol. The summed E-state index contributed by atoms with van der Waals surface area (Å²) in [5.41, 5.74) is 0.543. The molecule has 1 saturated heterocycles. The maximum Gasteiger partial charge on any atom is 0.319 e. The van der Waals surface area contributed by atoms with Gasteiger partial charge in [0.1, 0.15) is 5.82 Å². The maximum absolute atomic E-state index is 12.1. The molecule has 0 radical (unpaired) electrons. The van der Waals surface area contributed by atoms with Gasteiger partial charge in [-0.3, -0.25) is 0 Å². The van der Waals surface area contributed by atoms with Gasteiger partial charge in [0, 0.05) is 30.6 Å². The SMILES string of the molecule is CC(C)(C)c1ncc(NC(=O)NC2CCN(C3CC3)CC2)cn1. The van der Waals surface area contributed by atoms with Gasteiger partial charge in [0.15, 0.2) is 0 Å². The lowest BCUT2D eigenvalue weighted by Crippen LogP contribution is -2.46. The largest absolute Gasteiger partial charge is 0.335 e. The average molecular weight is 317 g/mol. The number of amides is 2. The summed E-state index contributed by atoms with van der Waals surface area (Å²) in [7, 11) is 0. The van der Waals surface area contributed by atoms with E-state index in [1.54, 1.807) is 12.4 Å². The van der Waals surface area contributed by atoms with Gasteiger partial charge in [-0.15, -0.1) is 0 Å². The molecule has 1 aliphatic carbocycles. The summed E-state index contributed by atoms with van der Waals surface area (Å²) in [5.74, 6) is 0.774. The molecule has 2 aliphatic rings. The van der Waals surface area contributed by atoms with Gasteiger partial charge in [0.2, 0.25) is 0 Å². The summed E-state index contributed by atoms with van der Waals surface area (Å²) in [4.78, 5) is 23.3. The van der Waals surface area contributed by atoms with Crippen molar-refractivity contribution < 1.29 is 4.79 Å². The van der Waals surface area contributed by atoms with Crippen LogP contribution in [0, 0.1) is 0 Å². The molecule has 23 heavy (non-hydrogen) atoms. The highest BCUT2D eigenvalue weighted by Gasteiger charge is 2.32. The second-order valence-electron chi connectivity index (χ2n) is 7.69. The van der Waals surface area contributed by atoms with E-state index in [9.17, 15) is 4.79 Å². The van der Waals surface area contributed by atoms with E-state index in [4.69, 9.17) is 0 Å². The Hall–Kier alpha value is -1.69. The van der Waals surface area contributed by atoms with E-state index in [2.05, 4.69) is 46.3 Å². The Balaban J connectivity index is 1.45. The van der Waals surface area contributed by atoms with Crippen molar-refractivity contribution in [3.63, 3.8) is 0 Å². The predicted octanol–water partition coefficient (Wildman–Crippen LogP) is 2.52. The van der Waals surface area contributed by atoms with Gasteiger partial charge >= 0.3 is 6.03 Å². The molecule has 2 heterocycles. The molecule has 0 atom stereocenters. The van der Waals surface area contributed by atoms with E-state index in [0.29, 0.717) is 5.69 Å². The van der Waals surface area contributed by atoms with E-state index in [1.807, 2.05) is 0 Å². The zero-order valence-electron chi connectivity index (χ0n) is 14.3. The Morgan fingerprint density at radius 3 is 2.26 bits per heavy atom. The van der Waals surface area contributed by atoms with E-state index >= 15 is 0 Å². The fraction of sp³-hybridized carbons (Fsp3) is 0.706. The fourth-order valence-electron chi connectivity index (χ4n) is 2.98. The number of hydrogen-bond acceptors (Lipinski definition) is 4. The van der Waals surface area contributed by atoms with Crippen LogP contribution in [0.4, 0.5) is 10.5 Å². The third-order valence-corrected chi connectivity index (χ3v) is 4.51. The zero-order chi connectivity index (χ0) is 16.4. The number of nitrogens with one attached hydrogen (secondary N) is 2. The number of carbonyl (C=O) groups is 1. The Morgan fingerprint density at radius 2 is 1.74 bits per heavy atom. The van der Waals surface area contributed by atoms with Gasteiger partial charge in [0.25, 0.3) is 0 Å². The van der Waals surface area contributed by atoms with E-state index < -0.39 is 0 Å². The van der Waals surface area contributed by atoms with Crippen LogP contribution in [0.3, 0.4) is 0 Å². The number of aromatic nitrogens is 2. The van der Waals surface area contributed by atoms with Crippen molar-refractivity contribution in [1.29, 1.82) is 0 Å². The van der Waals surface area contributed by atoms with Gasteiger partial charge in [-0.05, 0) is 25.7 Å². The van der Waals surface area contributed by atoms with Gasteiger partial charge in [-0.25, -0.2) is 14.8 Å². The van der Waals surface area contributed by atoms with E-state index in [0.717, 1.165) is 37.8 Å². The van der Waals surface area contributed by atoms with Crippen LogP contribution in [0.2, 0.25) is 0 Å². The molecule has 1 aromatic heterocycles. The van der Waals surface area contributed by atoms with Crippen molar-refractivity contribution in [2.75, 3.05) is 18.4 Å². The highest BCUT2D eigenvalue weighted by atomic mass is 16.2. The zero-order valence-corrected chi connectivity index (χ0v) is 14.3. The summed E-state index contributed by atoms with van der Waals surface area (Å²) in [6.45, 7) is 8.39. The quantitative estimate of drug-likeness (QED) is 0.899. The maximum atomic E-state index is 12.1. The third kappa shape index (κ3) is 4.41. The lowest BCUT2D eigenvalue weighted by atomic mass is 9.96. The van der Waals surface area contributed by atoms with Gasteiger partial charge in [-0.1, -0.05) is 20.8 Å². The molecule has 1 saturated carbocycles. The molecule has 0 bridgehead atoms. The highest BCUT2D eigenvalue weighted by molar-refractivity contribution is 5.89. The first-order valence-electron chi connectivity index (χ1n) is 8.56. The van der Waals surface area contributed by atoms with E-state index in [1.165, 1.54) is 12.8 Å². The summed E-state index contributed by atoms with van der Waals surface area (Å²) in [6, 6.07) is 0.921. The van der Waals surface area contributed by atoms with Crippen molar-refractivity contribution in [3.05, 3.63) is 18.2 Å². The van der Waals surface area contributed by atoms with E-state index in [-0.39, 0.29) is 17.5 Å². The van der Waals surface area contributed by atoms with Crippen molar-refractivity contribution in [3.8, 4) is 0 Å². The Bertz CT molecular complexity index is 539. The smallest absolute Gasteiger partial charge is 0.319 e. The van der Waals surface area contributed by atoms with Crippen LogP contribution >= 0.6 is 0 Å². The normalized spacial score (nSPS) is 20.3. The minimum atomic E-state index is -0.165. The van der Waals surface area contributed by atoms with Crippen LogP contribution in [0.25, 0.3) is 0 Å². The van der Waals surface area contributed by atoms with Crippen LogP contribution in [0.15, 0.2) is 12.4 Å². The molecule has 3 rings (SSSR count). The van der Waals surface area contributed by atoms with Crippen molar-refractivity contribution in [2.24, 2.45) is 0 Å². The first kappa shape index (κ1) is 16.2. The Kier molecular flexibility index (Phi) is 4.53. The monoisotopic (exact) mass is 317 g/mol. The van der Waals surface area contributed by atoms with Gasteiger partial charge in [-0.2, -0.15) is 0 Å². The topological polar surface area (TPSA) is 70.2 Å². The molecule has 6 heteroatoms. The molecule has 2 fully saturated rings. The van der Waals surface area contributed by atoms with Crippen LogP contribution < -0.4 is 10.6 Å². The molecule has 0 spiro atoms. The number of piperidine rings is 1. The number of nitrogens with zero attached hydrogens (tertiary/aromatic N) is 3. The Morgan fingerprint density at radius 1 is 1.13 bits per heavy atom. The lowest BCUT2D eigenvalue weighted by Gasteiger charge is -2.32. The van der Waals surface area contributed by atoms with Crippen LogP contribution in [-0.2, 0) is 5.41 Å². The third-order valence-electron chi connectivity index (χ3n) is 4.51. The molecule has 2 amide bonds. The second kappa shape index (κ2) is 6.43.